The zero-order valence-electron chi connectivity index (χ0n) is 13.5. The number of rotatable bonds is 5. The topological polar surface area (TPSA) is 0 Å². The second-order valence-electron chi connectivity index (χ2n) is 5.82. The smallest absolute Gasteiger partial charge is 0.133 e. The van der Waals surface area contributed by atoms with Gasteiger partial charge < -0.3 is 0 Å². The Labute approximate surface area is 145 Å². The normalized spacial score (nSPS) is 12.4. The molecule has 0 aliphatic heterocycles. The van der Waals surface area contributed by atoms with Crippen molar-refractivity contribution in [2.45, 2.75) is 12.6 Å². The van der Waals surface area contributed by atoms with Crippen molar-refractivity contribution in [1.29, 1.82) is 0 Å². The molecule has 0 saturated heterocycles. The highest BCUT2D eigenvalue weighted by Gasteiger charge is 2.09. The van der Waals surface area contributed by atoms with Crippen LogP contribution in [0.4, 0.5) is 13.2 Å². The van der Waals surface area contributed by atoms with Crippen LogP contribution in [0.15, 0.2) is 72.8 Å². The average Bonchev–Trinajstić information content (AvgIpc) is 2.63. The van der Waals surface area contributed by atoms with E-state index in [9.17, 15) is 13.2 Å². The Bertz CT molecular complexity index is 852. The van der Waals surface area contributed by atoms with E-state index in [0.717, 1.165) is 17.2 Å². The Kier molecular flexibility index (Phi) is 5.34. The van der Waals surface area contributed by atoms with E-state index in [1.165, 1.54) is 12.1 Å². The summed E-state index contributed by atoms with van der Waals surface area (Å²) in [6.07, 6.45) is 2.59. The van der Waals surface area contributed by atoms with E-state index in [0.29, 0.717) is 17.5 Å². The summed E-state index contributed by atoms with van der Waals surface area (Å²) in [6, 6.07) is 19.9. The molecule has 0 bridgehead atoms. The van der Waals surface area contributed by atoms with Gasteiger partial charge in [0.15, 0.2) is 0 Å². The lowest BCUT2D eigenvalue weighted by Crippen LogP contribution is -1.96. The number of benzene rings is 3. The van der Waals surface area contributed by atoms with Gasteiger partial charge >= 0.3 is 0 Å². The van der Waals surface area contributed by atoms with Crippen molar-refractivity contribution in [3.63, 3.8) is 0 Å². The predicted molar refractivity (Wildman–Crippen MR) is 95.7 cm³/mol. The van der Waals surface area contributed by atoms with Crippen LogP contribution in [0, 0.1) is 11.6 Å². The summed E-state index contributed by atoms with van der Waals surface area (Å²) in [7, 11) is 0. The molecule has 0 radical (unpaired) electrons. The zero-order chi connectivity index (χ0) is 17.6. The highest BCUT2D eigenvalue weighted by atomic mass is 19.1. The first-order chi connectivity index (χ1) is 12.1. The molecule has 0 aliphatic carbocycles. The Balaban J connectivity index is 1.67. The molecule has 0 saturated carbocycles. The van der Waals surface area contributed by atoms with E-state index in [1.807, 2.05) is 42.5 Å². The molecule has 3 rings (SSSR count). The van der Waals surface area contributed by atoms with Crippen LogP contribution in [0.2, 0.25) is 0 Å². The molecule has 1 atom stereocenters. The predicted octanol–water partition coefficient (Wildman–Crippen LogP) is 6.39. The van der Waals surface area contributed by atoms with Gasteiger partial charge in [-0.2, -0.15) is 0 Å². The van der Waals surface area contributed by atoms with Gasteiger partial charge in [-0.05, 0) is 28.8 Å². The molecule has 25 heavy (non-hydrogen) atoms. The molecule has 0 heterocycles. The van der Waals surface area contributed by atoms with Gasteiger partial charge in [-0.15, -0.1) is 0 Å². The number of halogens is 3. The fourth-order valence-corrected chi connectivity index (χ4v) is 2.57. The van der Waals surface area contributed by atoms with Crippen molar-refractivity contribution in [2.75, 3.05) is 0 Å². The second-order valence-corrected chi connectivity index (χ2v) is 5.82. The van der Waals surface area contributed by atoms with Crippen molar-refractivity contribution in [2.24, 2.45) is 0 Å². The van der Waals surface area contributed by atoms with Crippen molar-refractivity contribution >= 4 is 12.2 Å². The van der Waals surface area contributed by atoms with Crippen LogP contribution in [0.5, 0.6) is 0 Å². The summed E-state index contributed by atoms with van der Waals surface area (Å²) in [5, 5.41) is 0. The van der Waals surface area contributed by atoms with Crippen LogP contribution in [0.1, 0.15) is 28.4 Å². The standard InChI is InChI=1S/C22H17F3/c23-20-13-12-19(22(25)15-20)11-10-16-6-8-17(9-7-16)14-21(24)18-4-2-1-3-5-18/h1-13,15,21H,14H2/t21-/m0/s1. The highest BCUT2D eigenvalue weighted by Crippen LogP contribution is 2.22. The van der Waals surface area contributed by atoms with E-state index < -0.39 is 17.8 Å². The van der Waals surface area contributed by atoms with Crippen LogP contribution in [0.25, 0.3) is 12.2 Å². The van der Waals surface area contributed by atoms with Gasteiger partial charge in [0.05, 0.1) is 0 Å². The Hall–Kier alpha value is -2.81. The third-order valence-corrected chi connectivity index (χ3v) is 3.97. The Morgan fingerprint density at radius 2 is 1.52 bits per heavy atom. The summed E-state index contributed by atoms with van der Waals surface area (Å²) >= 11 is 0. The van der Waals surface area contributed by atoms with E-state index in [1.54, 1.807) is 24.3 Å². The molecule has 3 aromatic carbocycles. The average molecular weight is 338 g/mol. The summed E-state index contributed by atoms with van der Waals surface area (Å²) < 4.78 is 40.8. The minimum absolute atomic E-state index is 0.306. The van der Waals surface area contributed by atoms with Crippen LogP contribution in [-0.2, 0) is 6.42 Å². The fourth-order valence-electron chi connectivity index (χ4n) is 2.57. The third kappa shape index (κ3) is 4.60. The SMILES string of the molecule is Fc1ccc(C=Cc2ccc(C[C@H](F)c3ccccc3)cc2)c(F)c1. The minimum Gasteiger partial charge on any atom is -0.242 e. The molecule has 3 aromatic rings. The number of hydrogen-bond acceptors (Lipinski definition) is 0. The third-order valence-electron chi connectivity index (χ3n) is 3.97. The molecule has 0 unspecified atom stereocenters. The van der Waals surface area contributed by atoms with Crippen molar-refractivity contribution in [1.82, 2.24) is 0 Å². The van der Waals surface area contributed by atoms with Gasteiger partial charge in [0.25, 0.3) is 0 Å². The van der Waals surface area contributed by atoms with Gasteiger partial charge in [-0.25, -0.2) is 13.2 Å². The van der Waals surface area contributed by atoms with Crippen LogP contribution in [-0.4, -0.2) is 0 Å². The first-order valence-electron chi connectivity index (χ1n) is 8.03. The van der Waals surface area contributed by atoms with Gasteiger partial charge in [0.1, 0.15) is 17.8 Å². The minimum atomic E-state index is -1.05. The summed E-state index contributed by atoms with van der Waals surface area (Å²) in [6.45, 7) is 0. The van der Waals surface area contributed by atoms with Gasteiger partial charge in [-0.3, -0.25) is 0 Å². The maximum absolute atomic E-state index is 14.3. The lowest BCUT2D eigenvalue weighted by Gasteiger charge is -2.08. The quantitative estimate of drug-likeness (QED) is 0.473. The largest absolute Gasteiger partial charge is 0.242 e. The highest BCUT2D eigenvalue weighted by molar-refractivity contribution is 5.69. The molecule has 0 aliphatic rings. The first kappa shape index (κ1) is 17.0. The molecule has 126 valence electrons. The van der Waals surface area contributed by atoms with Crippen molar-refractivity contribution in [3.8, 4) is 0 Å². The van der Waals surface area contributed by atoms with Crippen LogP contribution in [0.3, 0.4) is 0 Å². The molecular weight excluding hydrogens is 321 g/mol. The van der Waals surface area contributed by atoms with Gasteiger partial charge in [0, 0.05) is 18.1 Å². The van der Waals surface area contributed by atoms with E-state index in [2.05, 4.69) is 0 Å². The molecule has 0 amide bonds. The summed E-state index contributed by atoms with van der Waals surface area (Å²) in [5.41, 5.74) is 2.74. The molecule has 0 fully saturated rings. The Morgan fingerprint density at radius 3 is 2.20 bits per heavy atom. The van der Waals surface area contributed by atoms with E-state index in [-0.39, 0.29) is 0 Å². The van der Waals surface area contributed by atoms with Crippen molar-refractivity contribution < 1.29 is 13.2 Å². The lowest BCUT2D eigenvalue weighted by molar-refractivity contribution is 0.342. The number of hydrogen-bond donors (Lipinski definition) is 0. The maximum atomic E-state index is 14.3. The fraction of sp³-hybridized carbons (Fsp3) is 0.0909. The van der Waals surface area contributed by atoms with Crippen LogP contribution >= 0.6 is 0 Å². The first-order valence-corrected chi connectivity index (χ1v) is 8.03. The molecule has 3 heteroatoms. The maximum Gasteiger partial charge on any atom is 0.133 e. The molecule has 0 aromatic heterocycles. The summed E-state index contributed by atoms with van der Waals surface area (Å²) in [5.74, 6) is -1.20. The number of alkyl halides is 1. The molecule has 0 nitrogen and oxygen atoms in total. The van der Waals surface area contributed by atoms with E-state index >= 15 is 0 Å². The Morgan fingerprint density at radius 1 is 0.800 bits per heavy atom. The molecule has 0 spiro atoms. The molecule has 0 N–H and O–H groups in total. The zero-order valence-corrected chi connectivity index (χ0v) is 13.5. The van der Waals surface area contributed by atoms with Gasteiger partial charge in [-0.1, -0.05) is 66.7 Å². The second kappa shape index (κ2) is 7.84. The van der Waals surface area contributed by atoms with E-state index in [4.69, 9.17) is 0 Å². The van der Waals surface area contributed by atoms with Crippen LogP contribution < -0.4 is 0 Å². The van der Waals surface area contributed by atoms with Crippen molar-refractivity contribution in [3.05, 3.63) is 107 Å². The van der Waals surface area contributed by atoms with Gasteiger partial charge in [0.2, 0.25) is 0 Å². The summed E-state index contributed by atoms with van der Waals surface area (Å²) in [4.78, 5) is 0. The molecular formula is C22H17F3. The monoisotopic (exact) mass is 338 g/mol. The lowest BCUT2D eigenvalue weighted by atomic mass is 10.0.